The highest BCUT2D eigenvalue weighted by atomic mass is 31.1. The number of pyridine rings is 1. The molecule has 5 aromatic rings. The van der Waals surface area contributed by atoms with Gasteiger partial charge < -0.3 is 18.5 Å². The zero-order valence-corrected chi connectivity index (χ0v) is 30.6. The quantitative estimate of drug-likeness (QED) is 0.0811. The van der Waals surface area contributed by atoms with Gasteiger partial charge in [-0.05, 0) is 51.2 Å². The predicted octanol–water partition coefficient (Wildman–Crippen LogP) is 8.13. The molecule has 0 amide bonds. The van der Waals surface area contributed by atoms with Crippen LogP contribution in [0.3, 0.4) is 0 Å². The van der Waals surface area contributed by atoms with Crippen molar-refractivity contribution in [2.75, 3.05) is 12.8 Å². The molecule has 0 saturated heterocycles. The molecule has 0 aliphatic rings. The van der Waals surface area contributed by atoms with Crippen molar-refractivity contribution in [3.63, 3.8) is 0 Å². The van der Waals surface area contributed by atoms with Gasteiger partial charge in [0.2, 0.25) is 0 Å². The van der Waals surface area contributed by atoms with Crippen LogP contribution in [0, 0.1) is 17.7 Å². The summed E-state index contributed by atoms with van der Waals surface area (Å²) >= 11 is 0. The number of rotatable bonds is 12. The third-order valence-electron chi connectivity index (χ3n) is 8.64. The molecule has 1 N–H and O–H groups in total. The lowest BCUT2D eigenvalue weighted by atomic mass is 9.98. The van der Waals surface area contributed by atoms with Crippen molar-refractivity contribution < 1.29 is 27.8 Å². The number of hydrogen-bond donors (Lipinski definition) is 1. The number of fused-ring (bicyclic) bond motifs is 1. The van der Waals surface area contributed by atoms with Crippen LogP contribution in [0.4, 0.5) is 4.39 Å². The molecule has 3 aromatic carbocycles. The van der Waals surface area contributed by atoms with E-state index in [9.17, 15) is 18.9 Å². The van der Waals surface area contributed by atoms with Crippen LogP contribution < -0.4 is 10.4 Å². The van der Waals surface area contributed by atoms with Crippen molar-refractivity contribution in [2.45, 2.75) is 58.1 Å². The van der Waals surface area contributed by atoms with E-state index in [-0.39, 0.29) is 36.0 Å². The van der Waals surface area contributed by atoms with Crippen LogP contribution in [-0.2, 0) is 18.3 Å². The van der Waals surface area contributed by atoms with E-state index in [2.05, 4.69) is 50.9 Å². The first-order valence-corrected chi connectivity index (χ1v) is 19.9. The smallest absolute Gasteiger partial charge is 0.305 e. The van der Waals surface area contributed by atoms with Crippen LogP contribution in [0.5, 0.6) is 0 Å². The van der Waals surface area contributed by atoms with Crippen molar-refractivity contribution in [3.05, 3.63) is 126 Å². The Morgan fingerprint density at radius 1 is 0.918 bits per heavy atom. The van der Waals surface area contributed by atoms with E-state index in [4.69, 9.17) is 8.95 Å². The SMILES string of the molecule is CC(C)c1c(C#CCO[PH](=O)CC(CC(=O)O)O[Si](c2ccccc2)(c2ccccc2)C(C)(C)C)c(-c2ccc(F)cc2)c2ccccn12. The van der Waals surface area contributed by atoms with E-state index in [1.54, 1.807) is 12.1 Å². The predicted molar refractivity (Wildman–Crippen MR) is 198 cm³/mol. The van der Waals surface area contributed by atoms with Gasteiger partial charge in [0.1, 0.15) is 12.4 Å². The third kappa shape index (κ3) is 7.98. The molecule has 0 fully saturated rings. The van der Waals surface area contributed by atoms with E-state index in [1.165, 1.54) is 12.1 Å². The summed E-state index contributed by atoms with van der Waals surface area (Å²) < 4.78 is 42.2. The molecule has 0 bridgehead atoms. The standard InChI is InChI=1S/C40H43FNO5PSi/c1-29(2)39-35(38(30-21-23-31(41)24-22-30)36-20-12-13-25-42(36)39)19-14-26-46-48(45)28-32(27-37(43)44)47-49(40(3,4)5,33-15-8-6-9-16-33)34-17-10-7-11-18-34/h6-13,15-18,20-25,29,32,48H,26-28H2,1-5H3,(H,43,44). The van der Waals surface area contributed by atoms with Crippen LogP contribution in [0.2, 0.25) is 5.04 Å². The maximum Gasteiger partial charge on any atom is 0.305 e. The second kappa shape index (κ2) is 15.5. The lowest BCUT2D eigenvalue weighted by molar-refractivity contribution is -0.138. The average Bonchev–Trinajstić information content (AvgIpc) is 3.40. The number of aliphatic carboxylic acids is 1. The Morgan fingerprint density at radius 2 is 1.51 bits per heavy atom. The summed E-state index contributed by atoms with van der Waals surface area (Å²) in [6, 6.07) is 32.2. The number of hydrogen-bond acceptors (Lipinski definition) is 4. The van der Waals surface area contributed by atoms with Crippen LogP contribution in [0.25, 0.3) is 16.6 Å². The number of carboxylic acids is 1. The fraction of sp³-hybridized carbons (Fsp3) is 0.275. The monoisotopic (exact) mass is 695 g/mol. The number of carboxylic acid groups (broad SMARTS) is 1. The van der Waals surface area contributed by atoms with Gasteiger partial charge in [0, 0.05) is 23.6 Å². The Balaban J connectivity index is 1.43. The van der Waals surface area contributed by atoms with Crippen molar-refractivity contribution in [1.82, 2.24) is 4.40 Å². The molecule has 5 rings (SSSR count). The summed E-state index contributed by atoms with van der Waals surface area (Å²) in [4.78, 5) is 12.1. The van der Waals surface area contributed by atoms with Crippen LogP contribution in [0.15, 0.2) is 109 Å². The zero-order valence-electron chi connectivity index (χ0n) is 28.6. The fourth-order valence-electron chi connectivity index (χ4n) is 6.61. The molecule has 0 saturated carbocycles. The Hall–Kier alpha value is -4.25. The lowest BCUT2D eigenvalue weighted by Gasteiger charge is -2.45. The summed E-state index contributed by atoms with van der Waals surface area (Å²) in [5, 5.41) is 11.5. The van der Waals surface area contributed by atoms with E-state index in [0.717, 1.165) is 38.3 Å². The first kappa shape index (κ1) is 36.0. The molecule has 9 heteroatoms. The number of carbonyl (C=O) groups is 1. The molecule has 0 spiro atoms. The van der Waals surface area contributed by atoms with Gasteiger partial charge in [-0.25, -0.2) is 4.39 Å². The van der Waals surface area contributed by atoms with E-state index >= 15 is 0 Å². The van der Waals surface area contributed by atoms with Gasteiger partial charge in [-0.3, -0.25) is 9.36 Å². The number of nitrogens with zero attached hydrogens (tertiary/aromatic N) is 1. The molecule has 0 aliphatic carbocycles. The Bertz CT molecular complexity index is 1940. The minimum atomic E-state index is -3.10. The van der Waals surface area contributed by atoms with Gasteiger partial charge in [-0.15, -0.1) is 0 Å². The molecule has 254 valence electrons. The molecule has 6 nitrogen and oxygen atoms in total. The Labute approximate surface area is 289 Å². The molecule has 2 unspecified atom stereocenters. The topological polar surface area (TPSA) is 77.2 Å². The van der Waals surface area contributed by atoms with E-state index in [1.807, 2.05) is 85.1 Å². The van der Waals surface area contributed by atoms with Crippen LogP contribution >= 0.6 is 8.03 Å². The molecule has 2 atom stereocenters. The molecule has 0 radical (unpaired) electrons. The van der Waals surface area contributed by atoms with Gasteiger partial charge in [0.25, 0.3) is 8.32 Å². The first-order chi connectivity index (χ1) is 23.4. The molecular weight excluding hydrogens is 653 g/mol. The Kier molecular flexibility index (Phi) is 11.4. The van der Waals surface area contributed by atoms with Crippen molar-refractivity contribution in [2.24, 2.45) is 0 Å². The lowest BCUT2D eigenvalue weighted by Crippen LogP contribution is -2.68. The van der Waals surface area contributed by atoms with Crippen molar-refractivity contribution in [3.8, 4) is 23.0 Å². The summed E-state index contributed by atoms with van der Waals surface area (Å²) in [5.74, 6) is 5.12. The van der Waals surface area contributed by atoms with Gasteiger partial charge in [-0.1, -0.05) is 125 Å². The summed E-state index contributed by atoms with van der Waals surface area (Å²) in [6.45, 7) is 10.4. The average molecular weight is 696 g/mol. The van der Waals surface area contributed by atoms with Crippen LogP contribution in [0.1, 0.15) is 58.2 Å². The van der Waals surface area contributed by atoms with Gasteiger partial charge in [0.05, 0.1) is 23.6 Å². The maximum atomic E-state index is 13.8. The molecule has 0 aliphatic heterocycles. The Morgan fingerprint density at radius 3 is 2.06 bits per heavy atom. The van der Waals surface area contributed by atoms with E-state index in [0.29, 0.717) is 0 Å². The van der Waals surface area contributed by atoms with Crippen molar-refractivity contribution >= 4 is 38.2 Å². The largest absolute Gasteiger partial charge is 0.481 e. The molecular formula is C40H43FNO5PSi. The van der Waals surface area contributed by atoms with Gasteiger partial charge >= 0.3 is 5.97 Å². The minimum Gasteiger partial charge on any atom is -0.481 e. The van der Waals surface area contributed by atoms with E-state index < -0.39 is 28.4 Å². The molecule has 2 heterocycles. The number of benzene rings is 3. The number of halogens is 1. The molecule has 2 aromatic heterocycles. The fourth-order valence-corrected chi connectivity index (χ4v) is 12.4. The van der Waals surface area contributed by atoms with Crippen LogP contribution in [-0.4, -0.2) is 42.7 Å². The second-order valence-corrected chi connectivity index (χ2v) is 19.1. The summed E-state index contributed by atoms with van der Waals surface area (Å²) in [6.07, 6.45) is 0.771. The molecule has 49 heavy (non-hydrogen) atoms. The highest BCUT2D eigenvalue weighted by molar-refractivity contribution is 7.39. The maximum absolute atomic E-state index is 13.8. The second-order valence-electron chi connectivity index (χ2n) is 13.4. The summed E-state index contributed by atoms with van der Waals surface area (Å²) in [7, 11) is -5.85. The normalized spacial score (nSPS) is 13.2. The summed E-state index contributed by atoms with van der Waals surface area (Å²) in [5.41, 5.74) is 4.50. The minimum absolute atomic E-state index is 0.0582. The van der Waals surface area contributed by atoms with Gasteiger partial charge in [0.15, 0.2) is 8.03 Å². The van der Waals surface area contributed by atoms with Gasteiger partial charge in [-0.2, -0.15) is 0 Å². The highest BCUT2D eigenvalue weighted by Gasteiger charge is 2.51. The third-order valence-corrected chi connectivity index (χ3v) is 15.0. The number of aromatic nitrogens is 1. The van der Waals surface area contributed by atoms with Crippen molar-refractivity contribution in [1.29, 1.82) is 0 Å². The zero-order chi connectivity index (χ0) is 35.2. The first-order valence-electron chi connectivity index (χ1n) is 16.5. The highest BCUT2D eigenvalue weighted by Crippen LogP contribution is 2.40.